The molecule has 0 radical (unpaired) electrons. The fourth-order valence-electron chi connectivity index (χ4n) is 4.27. The van der Waals surface area contributed by atoms with Crippen molar-refractivity contribution in [1.29, 1.82) is 0 Å². The van der Waals surface area contributed by atoms with Crippen LogP contribution in [0.2, 0.25) is 0 Å². The molecule has 1 aliphatic heterocycles. The molecule has 1 saturated heterocycles. The highest BCUT2D eigenvalue weighted by Gasteiger charge is 2.44. The molecule has 110 valence electrons. The minimum atomic E-state index is -0.620. The molecule has 3 nitrogen and oxygen atoms in total. The summed E-state index contributed by atoms with van der Waals surface area (Å²) in [6.45, 7) is 9.97. The number of carbonyl (C=O) groups is 1. The Kier molecular flexibility index (Phi) is 4.54. The van der Waals surface area contributed by atoms with Gasteiger partial charge in [0.25, 0.3) is 0 Å². The Morgan fingerprint density at radius 3 is 2.47 bits per heavy atom. The number of likely N-dealkylation sites (tertiary alicyclic amines) is 1. The molecule has 2 aliphatic rings. The van der Waals surface area contributed by atoms with Crippen molar-refractivity contribution in [3.8, 4) is 0 Å². The molecular formula is C16H29NO2. The van der Waals surface area contributed by atoms with Gasteiger partial charge in [-0.15, -0.1) is 0 Å². The van der Waals surface area contributed by atoms with Crippen LogP contribution in [-0.4, -0.2) is 34.6 Å². The molecule has 0 spiro atoms. The van der Waals surface area contributed by atoms with Crippen LogP contribution >= 0.6 is 0 Å². The lowest BCUT2D eigenvalue weighted by Gasteiger charge is -2.44. The highest BCUT2D eigenvalue weighted by molar-refractivity contribution is 5.74. The number of carboxylic acids is 1. The zero-order chi connectivity index (χ0) is 14.2. The number of hydrogen-bond acceptors (Lipinski definition) is 2. The molecule has 1 saturated carbocycles. The van der Waals surface area contributed by atoms with Crippen LogP contribution < -0.4 is 0 Å². The maximum absolute atomic E-state index is 11.6. The maximum atomic E-state index is 11.6. The van der Waals surface area contributed by atoms with Gasteiger partial charge in [0.2, 0.25) is 0 Å². The number of rotatable bonds is 3. The molecule has 2 rings (SSSR count). The third kappa shape index (κ3) is 2.96. The highest BCUT2D eigenvalue weighted by atomic mass is 16.4. The summed E-state index contributed by atoms with van der Waals surface area (Å²) in [5.41, 5.74) is 0. The first-order chi connectivity index (χ1) is 8.91. The molecule has 0 amide bonds. The van der Waals surface area contributed by atoms with Crippen molar-refractivity contribution in [2.75, 3.05) is 6.54 Å². The van der Waals surface area contributed by atoms with E-state index < -0.39 is 5.97 Å². The Bertz CT molecular complexity index is 329. The molecule has 1 N–H and O–H groups in total. The van der Waals surface area contributed by atoms with Crippen molar-refractivity contribution in [3.05, 3.63) is 0 Å². The summed E-state index contributed by atoms with van der Waals surface area (Å²) in [4.78, 5) is 13.9. The van der Waals surface area contributed by atoms with Crippen LogP contribution in [0.5, 0.6) is 0 Å². The van der Waals surface area contributed by atoms with Gasteiger partial charge >= 0.3 is 5.97 Å². The second-order valence-corrected chi connectivity index (χ2v) is 7.18. The van der Waals surface area contributed by atoms with E-state index in [1.165, 1.54) is 19.3 Å². The number of hydrogen-bond donors (Lipinski definition) is 1. The molecule has 19 heavy (non-hydrogen) atoms. The van der Waals surface area contributed by atoms with Gasteiger partial charge in [-0.3, -0.25) is 9.69 Å². The number of carboxylic acid groups (broad SMARTS) is 1. The SMILES string of the molecule is CC1CCC(C(C)C)C(N2CCC(C)C2C(=O)O)C1. The van der Waals surface area contributed by atoms with Gasteiger partial charge in [0.05, 0.1) is 0 Å². The molecule has 0 bridgehead atoms. The van der Waals surface area contributed by atoms with E-state index in [0.29, 0.717) is 23.8 Å². The van der Waals surface area contributed by atoms with Crippen LogP contribution in [-0.2, 0) is 4.79 Å². The molecule has 1 aliphatic carbocycles. The molecular weight excluding hydrogens is 238 g/mol. The first kappa shape index (κ1) is 14.8. The van der Waals surface area contributed by atoms with Gasteiger partial charge in [0.15, 0.2) is 0 Å². The van der Waals surface area contributed by atoms with Gasteiger partial charge in [-0.2, -0.15) is 0 Å². The molecule has 0 aromatic heterocycles. The van der Waals surface area contributed by atoms with Crippen molar-refractivity contribution >= 4 is 5.97 Å². The molecule has 5 unspecified atom stereocenters. The second-order valence-electron chi connectivity index (χ2n) is 7.18. The standard InChI is InChI=1S/C16H29NO2/c1-10(2)13-6-5-11(3)9-14(13)17-8-7-12(4)15(17)16(18)19/h10-15H,5-9H2,1-4H3,(H,18,19). The first-order valence-electron chi connectivity index (χ1n) is 7.90. The van der Waals surface area contributed by atoms with E-state index in [9.17, 15) is 9.90 Å². The molecule has 3 heteroatoms. The molecule has 0 aromatic rings. The topological polar surface area (TPSA) is 40.5 Å². The lowest BCUT2D eigenvalue weighted by molar-refractivity contribution is -0.145. The summed E-state index contributed by atoms with van der Waals surface area (Å²) in [5, 5.41) is 9.53. The van der Waals surface area contributed by atoms with Crippen molar-refractivity contribution in [2.24, 2.45) is 23.7 Å². The summed E-state index contributed by atoms with van der Waals surface area (Å²) in [5.74, 6) is 1.74. The van der Waals surface area contributed by atoms with Gasteiger partial charge in [-0.1, -0.05) is 34.1 Å². The average Bonchev–Trinajstić information content (AvgIpc) is 2.70. The quantitative estimate of drug-likeness (QED) is 0.853. The maximum Gasteiger partial charge on any atom is 0.321 e. The molecule has 1 heterocycles. The van der Waals surface area contributed by atoms with Crippen molar-refractivity contribution in [3.63, 3.8) is 0 Å². The fourth-order valence-corrected chi connectivity index (χ4v) is 4.27. The zero-order valence-electron chi connectivity index (χ0n) is 12.8. The fraction of sp³-hybridized carbons (Fsp3) is 0.938. The minimum absolute atomic E-state index is 0.253. The Labute approximate surface area is 117 Å². The van der Waals surface area contributed by atoms with Gasteiger partial charge in [0, 0.05) is 6.04 Å². The third-order valence-electron chi connectivity index (χ3n) is 5.41. The predicted octanol–water partition coefficient (Wildman–Crippen LogP) is 3.24. The highest BCUT2D eigenvalue weighted by Crippen LogP contribution is 2.40. The number of nitrogens with zero attached hydrogens (tertiary/aromatic N) is 1. The van der Waals surface area contributed by atoms with Crippen molar-refractivity contribution < 1.29 is 9.90 Å². The lowest BCUT2D eigenvalue weighted by atomic mass is 9.73. The minimum Gasteiger partial charge on any atom is -0.480 e. The van der Waals surface area contributed by atoms with Crippen LogP contribution in [0, 0.1) is 23.7 Å². The van der Waals surface area contributed by atoms with Crippen LogP contribution in [0.4, 0.5) is 0 Å². The molecule has 2 fully saturated rings. The summed E-state index contributed by atoms with van der Waals surface area (Å²) >= 11 is 0. The number of aliphatic carboxylic acids is 1. The largest absolute Gasteiger partial charge is 0.480 e. The van der Waals surface area contributed by atoms with Crippen LogP contribution in [0.15, 0.2) is 0 Å². The Balaban J connectivity index is 2.18. The van der Waals surface area contributed by atoms with E-state index >= 15 is 0 Å². The Morgan fingerprint density at radius 1 is 1.21 bits per heavy atom. The predicted molar refractivity (Wildman–Crippen MR) is 77.0 cm³/mol. The smallest absolute Gasteiger partial charge is 0.321 e. The zero-order valence-corrected chi connectivity index (χ0v) is 12.8. The first-order valence-corrected chi connectivity index (χ1v) is 7.90. The van der Waals surface area contributed by atoms with E-state index in [0.717, 1.165) is 18.9 Å². The monoisotopic (exact) mass is 267 g/mol. The van der Waals surface area contributed by atoms with Crippen LogP contribution in [0.25, 0.3) is 0 Å². The van der Waals surface area contributed by atoms with Gasteiger partial charge < -0.3 is 5.11 Å². The second kappa shape index (κ2) is 5.82. The summed E-state index contributed by atoms with van der Waals surface area (Å²) in [6, 6.07) is 0.228. The van der Waals surface area contributed by atoms with E-state index in [-0.39, 0.29) is 6.04 Å². The van der Waals surface area contributed by atoms with Crippen molar-refractivity contribution in [1.82, 2.24) is 4.90 Å². The van der Waals surface area contributed by atoms with Gasteiger partial charge in [-0.05, 0) is 49.5 Å². The van der Waals surface area contributed by atoms with E-state index in [4.69, 9.17) is 0 Å². The summed E-state index contributed by atoms with van der Waals surface area (Å²) in [6.07, 6.45) is 4.78. The van der Waals surface area contributed by atoms with E-state index in [1.807, 2.05) is 0 Å². The van der Waals surface area contributed by atoms with Gasteiger partial charge in [0.1, 0.15) is 6.04 Å². The Hall–Kier alpha value is -0.570. The van der Waals surface area contributed by atoms with E-state index in [1.54, 1.807) is 0 Å². The van der Waals surface area contributed by atoms with Crippen LogP contribution in [0.3, 0.4) is 0 Å². The molecule has 5 atom stereocenters. The van der Waals surface area contributed by atoms with Crippen molar-refractivity contribution in [2.45, 2.75) is 65.5 Å². The molecule has 0 aromatic carbocycles. The van der Waals surface area contributed by atoms with E-state index in [2.05, 4.69) is 32.6 Å². The summed E-state index contributed by atoms with van der Waals surface area (Å²) < 4.78 is 0. The third-order valence-corrected chi connectivity index (χ3v) is 5.41. The lowest BCUT2D eigenvalue weighted by Crippen LogP contribution is -2.51. The summed E-state index contributed by atoms with van der Waals surface area (Å²) in [7, 11) is 0. The Morgan fingerprint density at radius 2 is 1.89 bits per heavy atom. The normalized spacial score (nSPS) is 40.8. The van der Waals surface area contributed by atoms with Crippen LogP contribution in [0.1, 0.15) is 53.4 Å². The average molecular weight is 267 g/mol. The van der Waals surface area contributed by atoms with Gasteiger partial charge in [-0.25, -0.2) is 0 Å².